The summed E-state index contributed by atoms with van der Waals surface area (Å²) >= 11 is 0. The van der Waals surface area contributed by atoms with Gasteiger partial charge in [0.05, 0.1) is 31.9 Å². The lowest BCUT2D eigenvalue weighted by Gasteiger charge is -2.32. The van der Waals surface area contributed by atoms with Crippen molar-refractivity contribution in [2.24, 2.45) is 0 Å². The Kier molecular flexibility index (Phi) is 4.11. The summed E-state index contributed by atoms with van der Waals surface area (Å²) in [7, 11) is 1.59. The van der Waals surface area contributed by atoms with Crippen molar-refractivity contribution in [1.82, 2.24) is 10.1 Å². The van der Waals surface area contributed by atoms with Crippen molar-refractivity contribution in [2.75, 3.05) is 26.9 Å². The van der Waals surface area contributed by atoms with Gasteiger partial charge in [0, 0.05) is 12.6 Å². The molecule has 1 aromatic heterocycles. The van der Waals surface area contributed by atoms with Gasteiger partial charge in [0.15, 0.2) is 11.5 Å². The lowest BCUT2D eigenvalue weighted by Crippen LogP contribution is -2.47. The molecule has 3 rings (SSSR count). The second kappa shape index (κ2) is 6.19. The van der Waals surface area contributed by atoms with Gasteiger partial charge in [-0.3, -0.25) is 4.79 Å². The van der Waals surface area contributed by atoms with Crippen molar-refractivity contribution in [1.29, 1.82) is 0 Å². The zero-order valence-electron chi connectivity index (χ0n) is 12.6. The summed E-state index contributed by atoms with van der Waals surface area (Å²) in [6.45, 7) is 3.62. The Morgan fingerprint density at radius 3 is 3.00 bits per heavy atom. The highest BCUT2D eigenvalue weighted by molar-refractivity contribution is 5.93. The highest BCUT2D eigenvalue weighted by atomic mass is 16.5. The molecule has 1 aliphatic rings. The molecule has 1 atom stereocenters. The minimum absolute atomic E-state index is 0.0349. The number of morpholine rings is 1. The summed E-state index contributed by atoms with van der Waals surface area (Å²) in [5.41, 5.74) is 1.07. The van der Waals surface area contributed by atoms with E-state index in [4.69, 9.17) is 14.0 Å². The number of hydrogen-bond donors (Lipinski definition) is 0. The Labute approximate surface area is 128 Å². The number of aromatic nitrogens is 1. The zero-order chi connectivity index (χ0) is 15.5. The maximum atomic E-state index is 12.5. The predicted molar refractivity (Wildman–Crippen MR) is 79.8 cm³/mol. The first-order valence-electron chi connectivity index (χ1n) is 7.19. The molecular formula is C16H18N2O4. The molecule has 0 N–H and O–H groups in total. The van der Waals surface area contributed by atoms with E-state index in [1.165, 1.54) is 0 Å². The molecule has 22 heavy (non-hydrogen) atoms. The van der Waals surface area contributed by atoms with Gasteiger partial charge in [0.25, 0.3) is 5.91 Å². The first kappa shape index (κ1) is 14.6. The van der Waals surface area contributed by atoms with E-state index in [1.54, 1.807) is 18.1 Å². The maximum absolute atomic E-state index is 12.5. The predicted octanol–water partition coefficient (Wildman–Crippen LogP) is 2.21. The van der Waals surface area contributed by atoms with Gasteiger partial charge in [-0.1, -0.05) is 17.3 Å². The fraction of sp³-hybridized carbons (Fsp3) is 0.375. The number of carbonyl (C=O) groups excluding carboxylic acids is 1. The lowest BCUT2D eigenvalue weighted by atomic mass is 10.1. The molecule has 1 aliphatic heterocycles. The number of carbonyl (C=O) groups is 1. The molecule has 1 amide bonds. The summed E-state index contributed by atoms with van der Waals surface area (Å²) in [5, 5.41) is 3.91. The zero-order valence-corrected chi connectivity index (χ0v) is 12.6. The molecule has 0 saturated carbocycles. The molecule has 116 valence electrons. The van der Waals surface area contributed by atoms with Crippen LogP contribution in [0.4, 0.5) is 0 Å². The molecule has 0 radical (unpaired) electrons. The van der Waals surface area contributed by atoms with Crippen molar-refractivity contribution >= 4 is 5.91 Å². The average Bonchev–Trinajstić information content (AvgIpc) is 3.04. The van der Waals surface area contributed by atoms with Crippen LogP contribution in [0, 0.1) is 0 Å². The first-order chi connectivity index (χ1) is 10.7. The Morgan fingerprint density at radius 1 is 1.41 bits per heavy atom. The topological polar surface area (TPSA) is 64.8 Å². The monoisotopic (exact) mass is 302 g/mol. The molecule has 0 spiro atoms. The third kappa shape index (κ3) is 2.69. The summed E-state index contributed by atoms with van der Waals surface area (Å²) in [6, 6.07) is 9.15. The third-order valence-electron chi connectivity index (χ3n) is 3.73. The molecule has 2 heterocycles. The summed E-state index contributed by atoms with van der Waals surface area (Å²) in [5.74, 6) is 1.06. The van der Waals surface area contributed by atoms with Crippen molar-refractivity contribution < 1.29 is 18.8 Å². The van der Waals surface area contributed by atoms with Crippen LogP contribution in [0.25, 0.3) is 11.3 Å². The van der Waals surface area contributed by atoms with E-state index in [-0.39, 0.29) is 11.9 Å². The van der Waals surface area contributed by atoms with Crippen molar-refractivity contribution in [3.63, 3.8) is 0 Å². The maximum Gasteiger partial charge on any atom is 0.276 e. The highest BCUT2D eigenvalue weighted by Gasteiger charge is 2.27. The molecule has 1 saturated heterocycles. The molecule has 2 aromatic rings. The largest absolute Gasteiger partial charge is 0.496 e. The quantitative estimate of drug-likeness (QED) is 0.869. The van der Waals surface area contributed by atoms with Crippen LogP contribution in [-0.2, 0) is 4.74 Å². The molecule has 0 aliphatic carbocycles. The van der Waals surface area contributed by atoms with E-state index >= 15 is 0 Å². The minimum Gasteiger partial charge on any atom is -0.496 e. The Bertz CT molecular complexity index is 668. The van der Waals surface area contributed by atoms with Crippen LogP contribution in [0.5, 0.6) is 5.75 Å². The van der Waals surface area contributed by atoms with Gasteiger partial charge in [0.1, 0.15) is 5.75 Å². The summed E-state index contributed by atoms with van der Waals surface area (Å²) in [6.07, 6.45) is 0. The third-order valence-corrected chi connectivity index (χ3v) is 3.73. The van der Waals surface area contributed by atoms with Crippen molar-refractivity contribution in [3.8, 4) is 17.1 Å². The molecule has 0 bridgehead atoms. The smallest absolute Gasteiger partial charge is 0.276 e. The van der Waals surface area contributed by atoms with Gasteiger partial charge in [-0.15, -0.1) is 0 Å². The second-order valence-electron chi connectivity index (χ2n) is 5.20. The van der Waals surface area contributed by atoms with Crippen LogP contribution >= 0.6 is 0 Å². The van der Waals surface area contributed by atoms with E-state index in [1.807, 2.05) is 31.2 Å². The standard InChI is InChI=1S/C16H18N2O4/c1-11-10-21-8-7-18(11)16(19)13-9-15(22-17-13)12-5-3-4-6-14(12)20-2/h3-6,9,11H,7-8,10H2,1-2H3/t11-/m1/s1. The first-order valence-corrected chi connectivity index (χ1v) is 7.19. The fourth-order valence-electron chi connectivity index (χ4n) is 2.53. The van der Waals surface area contributed by atoms with Crippen LogP contribution in [0.1, 0.15) is 17.4 Å². The fourth-order valence-corrected chi connectivity index (χ4v) is 2.53. The SMILES string of the molecule is COc1ccccc1-c1cc(C(=O)N2CCOC[C@H]2C)no1. The van der Waals surface area contributed by atoms with Crippen LogP contribution in [0.3, 0.4) is 0 Å². The van der Waals surface area contributed by atoms with Crippen LogP contribution in [-0.4, -0.2) is 48.9 Å². The molecule has 1 fully saturated rings. The van der Waals surface area contributed by atoms with Gasteiger partial charge < -0.3 is 18.9 Å². The Morgan fingerprint density at radius 2 is 2.23 bits per heavy atom. The van der Waals surface area contributed by atoms with Crippen molar-refractivity contribution in [2.45, 2.75) is 13.0 Å². The number of hydrogen-bond acceptors (Lipinski definition) is 5. The molecule has 1 aromatic carbocycles. The van der Waals surface area contributed by atoms with E-state index < -0.39 is 0 Å². The number of amides is 1. The van der Waals surface area contributed by atoms with Gasteiger partial charge in [0.2, 0.25) is 0 Å². The van der Waals surface area contributed by atoms with Crippen LogP contribution in [0.15, 0.2) is 34.9 Å². The van der Waals surface area contributed by atoms with Crippen molar-refractivity contribution in [3.05, 3.63) is 36.0 Å². The average molecular weight is 302 g/mol. The number of methoxy groups -OCH3 is 1. The molecule has 6 nitrogen and oxygen atoms in total. The number of benzene rings is 1. The lowest BCUT2D eigenvalue weighted by molar-refractivity contribution is 0.00307. The number of para-hydroxylation sites is 1. The van der Waals surface area contributed by atoms with Gasteiger partial charge >= 0.3 is 0 Å². The van der Waals surface area contributed by atoms with E-state index in [0.29, 0.717) is 37.0 Å². The van der Waals surface area contributed by atoms with Gasteiger partial charge in [-0.05, 0) is 19.1 Å². The normalized spacial score (nSPS) is 18.3. The Balaban J connectivity index is 1.86. The minimum atomic E-state index is -0.138. The number of rotatable bonds is 3. The number of nitrogens with zero attached hydrogens (tertiary/aromatic N) is 2. The van der Waals surface area contributed by atoms with Crippen LogP contribution in [0.2, 0.25) is 0 Å². The summed E-state index contributed by atoms with van der Waals surface area (Å²) in [4.78, 5) is 14.3. The summed E-state index contributed by atoms with van der Waals surface area (Å²) < 4.78 is 16.0. The Hall–Kier alpha value is -2.34. The van der Waals surface area contributed by atoms with E-state index in [0.717, 1.165) is 5.56 Å². The second-order valence-corrected chi connectivity index (χ2v) is 5.20. The molecule has 0 unspecified atom stereocenters. The van der Waals surface area contributed by atoms with E-state index in [2.05, 4.69) is 5.16 Å². The molecule has 6 heteroatoms. The highest BCUT2D eigenvalue weighted by Crippen LogP contribution is 2.30. The van der Waals surface area contributed by atoms with Gasteiger partial charge in [-0.2, -0.15) is 0 Å². The van der Waals surface area contributed by atoms with Gasteiger partial charge in [-0.25, -0.2) is 0 Å². The van der Waals surface area contributed by atoms with E-state index in [9.17, 15) is 4.79 Å². The molecular weight excluding hydrogens is 284 g/mol. The van der Waals surface area contributed by atoms with Crippen LogP contribution < -0.4 is 4.74 Å². The number of ether oxygens (including phenoxy) is 2.